The fourth-order valence-corrected chi connectivity index (χ4v) is 3.51. The van der Waals surface area contributed by atoms with E-state index in [4.69, 9.17) is 0 Å². The zero-order valence-corrected chi connectivity index (χ0v) is 11.5. The summed E-state index contributed by atoms with van der Waals surface area (Å²) in [5, 5.41) is 3.66. The molecule has 1 nitrogen and oxygen atoms in total. The maximum atomic E-state index is 3.66. The molecule has 17 heavy (non-hydrogen) atoms. The Kier molecular flexibility index (Phi) is 5.40. The van der Waals surface area contributed by atoms with Gasteiger partial charge in [-0.15, -0.1) is 11.8 Å². The fraction of sp³-hybridized carbons (Fsp3) is 0.600. The number of piperidine rings is 1. The standard InChI is InChI=1S/C15H23NS/c1-2-13-8-10-16-14(12-13)9-11-17-15-6-4-3-5-7-15/h3-7,13-14,16H,2,8-12H2,1H3. The first kappa shape index (κ1) is 13.0. The van der Waals surface area contributed by atoms with E-state index < -0.39 is 0 Å². The second kappa shape index (κ2) is 7.07. The van der Waals surface area contributed by atoms with Crippen LogP contribution in [-0.4, -0.2) is 18.3 Å². The number of thioether (sulfide) groups is 1. The Morgan fingerprint density at radius 2 is 2.12 bits per heavy atom. The van der Waals surface area contributed by atoms with Crippen molar-refractivity contribution in [1.82, 2.24) is 5.32 Å². The topological polar surface area (TPSA) is 12.0 Å². The van der Waals surface area contributed by atoms with Crippen LogP contribution >= 0.6 is 11.8 Å². The summed E-state index contributed by atoms with van der Waals surface area (Å²) >= 11 is 1.98. The van der Waals surface area contributed by atoms with Crippen LogP contribution in [0.15, 0.2) is 35.2 Å². The molecule has 94 valence electrons. The van der Waals surface area contributed by atoms with E-state index in [1.165, 1.54) is 42.9 Å². The summed E-state index contributed by atoms with van der Waals surface area (Å²) in [6.45, 7) is 3.55. The van der Waals surface area contributed by atoms with Gasteiger partial charge in [0.2, 0.25) is 0 Å². The summed E-state index contributed by atoms with van der Waals surface area (Å²) in [6, 6.07) is 11.5. The lowest BCUT2D eigenvalue weighted by atomic mass is 9.89. The molecule has 0 aromatic heterocycles. The van der Waals surface area contributed by atoms with Crippen molar-refractivity contribution in [3.63, 3.8) is 0 Å². The highest BCUT2D eigenvalue weighted by molar-refractivity contribution is 7.99. The molecule has 1 aromatic carbocycles. The third-order valence-electron chi connectivity index (χ3n) is 3.66. The number of hydrogen-bond donors (Lipinski definition) is 1. The summed E-state index contributed by atoms with van der Waals surface area (Å²) in [6.07, 6.45) is 5.41. The van der Waals surface area contributed by atoms with Gasteiger partial charge in [-0.25, -0.2) is 0 Å². The van der Waals surface area contributed by atoms with Gasteiger partial charge in [0, 0.05) is 10.9 Å². The van der Waals surface area contributed by atoms with Crippen LogP contribution in [0.3, 0.4) is 0 Å². The van der Waals surface area contributed by atoms with Gasteiger partial charge in [-0.1, -0.05) is 31.5 Å². The summed E-state index contributed by atoms with van der Waals surface area (Å²) in [7, 11) is 0. The first-order valence-corrected chi connectivity index (χ1v) is 7.78. The van der Waals surface area contributed by atoms with E-state index >= 15 is 0 Å². The molecule has 1 saturated heterocycles. The molecule has 1 heterocycles. The average molecular weight is 249 g/mol. The van der Waals surface area contributed by atoms with E-state index in [0.29, 0.717) is 0 Å². The van der Waals surface area contributed by atoms with Crippen LogP contribution in [-0.2, 0) is 0 Å². The van der Waals surface area contributed by atoms with Gasteiger partial charge in [0.15, 0.2) is 0 Å². The van der Waals surface area contributed by atoms with Crippen LogP contribution in [0.2, 0.25) is 0 Å². The average Bonchev–Trinajstić information content (AvgIpc) is 2.40. The molecule has 1 aliphatic heterocycles. The summed E-state index contributed by atoms with van der Waals surface area (Å²) in [4.78, 5) is 1.40. The second-order valence-corrected chi connectivity index (χ2v) is 6.07. The summed E-state index contributed by atoms with van der Waals surface area (Å²) in [5.41, 5.74) is 0. The Balaban J connectivity index is 1.68. The van der Waals surface area contributed by atoms with Gasteiger partial charge >= 0.3 is 0 Å². The van der Waals surface area contributed by atoms with Gasteiger partial charge in [0.25, 0.3) is 0 Å². The van der Waals surface area contributed by atoms with Crippen molar-refractivity contribution in [3.8, 4) is 0 Å². The van der Waals surface area contributed by atoms with E-state index in [2.05, 4.69) is 42.6 Å². The zero-order valence-electron chi connectivity index (χ0n) is 10.7. The number of hydrogen-bond acceptors (Lipinski definition) is 2. The SMILES string of the molecule is CCC1CCNC(CCSc2ccccc2)C1. The lowest BCUT2D eigenvalue weighted by molar-refractivity contribution is 0.291. The predicted octanol–water partition coefficient (Wildman–Crippen LogP) is 3.95. The van der Waals surface area contributed by atoms with Crippen LogP contribution in [0.25, 0.3) is 0 Å². The van der Waals surface area contributed by atoms with Gasteiger partial charge in [0.1, 0.15) is 0 Å². The Labute approximate surface area is 109 Å². The number of benzene rings is 1. The van der Waals surface area contributed by atoms with Crippen molar-refractivity contribution in [1.29, 1.82) is 0 Å². The quantitative estimate of drug-likeness (QED) is 0.793. The van der Waals surface area contributed by atoms with Crippen molar-refractivity contribution in [2.75, 3.05) is 12.3 Å². The van der Waals surface area contributed by atoms with Gasteiger partial charge < -0.3 is 5.32 Å². The summed E-state index contributed by atoms with van der Waals surface area (Å²) < 4.78 is 0. The highest BCUT2D eigenvalue weighted by atomic mass is 32.2. The maximum absolute atomic E-state index is 3.66. The van der Waals surface area contributed by atoms with E-state index in [0.717, 1.165) is 12.0 Å². The third kappa shape index (κ3) is 4.36. The molecular weight excluding hydrogens is 226 g/mol. The van der Waals surface area contributed by atoms with E-state index in [9.17, 15) is 0 Å². The van der Waals surface area contributed by atoms with Crippen LogP contribution < -0.4 is 5.32 Å². The minimum atomic E-state index is 0.755. The van der Waals surface area contributed by atoms with E-state index in [1.807, 2.05) is 11.8 Å². The molecule has 0 bridgehead atoms. The number of rotatable bonds is 5. The third-order valence-corrected chi connectivity index (χ3v) is 4.70. The fourth-order valence-electron chi connectivity index (χ4n) is 2.52. The molecule has 0 radical (unpaired) electrons. The van der Waals surface area contributed by atoms with Crippen molar-refractivity contribution in [2.24, 2.45) is 5.92 Å². The molecule has 2 unspecified atom stereocenters. The van der Waals surface area contributed by atoms with Gasteiger partial charge in [-0.3, -0.25) is 0 Å². The van der Waals surface area contributed by atoms with Crippen LogP contribution in [0.1, 0.15) is 32.6 Å². The van der Waals surface area contributed by atoms with Crippen molar-refractivity contribution in [2.45, 2.75) is 43.5 Å². The number of nitrogens with one attached hydrogen (secondary N) is 1. The Morgan fingerprint density at radius 3 is 2.88 bits per heavy atom. The molecule has 0 amide bonds. The van der Waals surface area contributed by atoms with Crippen LogP contribution in [0, 0.1) is 5.92 Å². The highest BCUT2D eigenvalue weighted by Crippen LogP contribution is 2.24. The van der Waals surface area contributed by atoms with E-state index in [1.54, 1.807) is 0 Å². The molecule has 1 N–H and O–H groups in total. The minimum absolute atomic E-state index is 0.755. The molecule has 2 heteroatoms. The zero-order chi connectivity index (χ0) is 11.9. The first-order chi connectivity index (χ1) is 8.38. The first-order valence-electron chi connectivity index (χ1n) is 6.79. The predicted molar refractivity (Wildman–Crippen MR) is 76.6 cm³/mol. The lowest BCUT2D eigenvalue weighted by Crippen LogP contribution is -2.38. The van der Waals surface area contributed by atoms with Gasteiger partial charge in [-0.2, -0.15) is 0 Å². The molecular formula is C15H23NS. The molecule has 1 fully saturated rings. The highest BCUT2D eigenvalue weighted by Gasteiger charge is 2.19. The van der Waals surface area contributed by atoms with Crippen molar-refractivity contribution >= 4 is 11.8 Å². The van der Waals surface area contributed by atoms with Gasteiger partial charge in [-0.05, 0) is 49.6 Å². The molecule has 1 aromatic rings. The Hall–Kier alpha value is -0.470. The van der Waals surface area contributed by atoms with Crippen molar-refractivity contribution < 1.29 is 0 Å². The van der Waals surface area contributed by atoms with Crippen LogP contribution in [0.4, 0.5) is 0 Å². The molecule has 0 saturated carbocycles. The smallest absolute Gasteiger partial charge is 0.00776 e. The minimum Gasteiger partial charge on any atom is -0.314 e. The van der Waals surface area contributed by atoms with Gasteiger partial charge in [0.05, 0.1) is 0 Å². The second-order valence-electron chi connectivity index (χ2n) is 4.90. The lowest BCUT2D eigenvalue weighted by Gasteiger charge is -2.29. The van der Waals surface area contributed by atoms with Crippen LogP contribution in [0.5, 0.6) is 0 Å². The molecule has 0 spiro atoms. The molecule has 1 aliphatic rings. The molecule has 2 rings (SSSR count). The van der Waals surface area contributed by atoms with E-state index in [-0.39, 0.29) is 0 Å². The largest absolute Gasteiger partial charge is 0.314 e. The molecule has 0 aliphatic carbocycles. The van der Waals surface area contributed by atoms with Crippen molar-refractivity contribution in [3.05, 3.63) is 30.3 Å². The normalized spacial score (nSPS) is 24.8. The molecule has 2 atom stereocenters. The monoisotopic (exact) mass is 249 g/mol. The Morgan fingerprint density at radius 1 is 1.29 bits per heavy atom. The summed E-state index contributed by atoms with van der Waals surface area (Å²) in [5.74, 6) is 2.20. The maximum Gasteiger partial charge on any atom is 0.00776 e. The Bertz CT molecular complexity index is 312.